The summed E-state index contributed by atoms with van der Waals surface area (Å²) in [5, 5.41) is 8.78. The number of aromatic carboxylic acids is 1. The molecule has 1 aromatic heterocycles. The van der Waals surface area contributed by atoms with Crippen molar-refractivity contribution in [2.75, 3.05) is 25.6 Å². The van der Waals surface area contributed by atoms with Crippen LogP contribution < -0.4 is 0 Å². The van der Waals surface area contributed by atoms with E-state index in [0.29, 0.717) is 6.54 Å². The van der Waals surface area contributed by atoms with Crippen LogP contribution in [-0.2, 0) is 0 Å². The molecule has 0 fully saturated rings. The second kappa shape index (κ2) is 6.24. The van der Waals surface area contributed by atoms with Gasteiger partial charge in [-0.25, -0.2) is 9.78 Å². The highest BCUT2D eigenvalue weighted by molar-refractivity contribution is 7.98. The molecule has 1 N–H and O–H groups in total. The molecule has 17 heavy (non-hydrogen) atoms. The van der Waals surface area contributed by atoms with Crippen LogP contribution in [0, 0.1) is 0 Å². The maximum atomic E-state index is 11.9. The lowest BCUT2D eigenvalue weighted by Gasteiger charge is -2.15. The average molecular weight is 254 g/mol. The third-order valence-corrected chi connectivity index (χ3v) is 2.76. The maximum Gasteiger partial charge on any atom is 0.354 e. The topological polar surface area (TPSA) is 70.5 Å². The molecule has 1 heterocycles. The van der Waals surface area contributed by atoms with E-state index in [0.717, 1.165) is 5.75 Å². The Morgan fingerprint density at radius 3 is 2.65 bits per heavy atom. The molecule has 0 spiro atoms. The van der Waals surface area contributed by atoms with E-state index in [1.807, 2.05) is 6.26 Å². The van der Waals surface area contributed by atoms with Crippen LogP contribution in [0.25, 0.3) is 0 Å². The minimum Gasteiger partial charge on any atom is -0.477 e. The molecule has 1 aromatic rings. The molecule has 0 aliphatic carbocycles. The molecule has 0 saturated carbocycles. The van der Waals surface area contributed by atoms with Crippen molar-refractivity contribution in [3.63, 3.8) is 0 Å². The van der Waals surface area contributed by atoms with Gasteiger partial charge in [0.25, 0.3) is 5.91 Å². The summed E-state index contributed by atoms with van der Waals surface area (Å²) >= 11 is 1.64. The first-order valence-electron chi connectivity index (χ1n) is 5.01. The molecule has 0 aliphatic heterocycles. The molecule has 5 nitrogen and oxygen atoms in total. The Morgan fingerprint density at radius 1 is 1.41 bits per heavy atom. The van der Waals surface area contributed by atoms with E-state index in [1.54, 1.807) is 18.8 Å². The Morgan fingerprint density at radius 2 is 2.06 bits per heavy atom. The van der Waals surface area contributed by atoms with Gasteiger partial charge in [0.15, 0.2) is 0 Å². The largest absolute Gasteiger partial charge is 0.477 e. The Balaban J connectivity index is 2.81. The fourth-order valence-electron chi connectivity index (χ4n) is 1.20. The SMILES string of the molecule is CSCCN(C)C(=O)c1cccc(C(=O)O)n1. The van der Waals surface area contributed by atoms with E-state index in [9.17, 15) is 9.59 Å². The molecule has 0 aliphatic rings. The Kier molecular flexibility index (Phi) is 4.96. The number of nitrogens with zero attached hydrogens (tertiary/aromatic N) is 2. The molecule has 0 unspecified atom stereocenters. The highest BCUT2D eigenvalue weighted by atomic mass is 32.2. The summed E-state index contributed by atoms with van der Waals surface area (Å²) < 4.78 is 0. The molecule has 6 heteroatoms. The van der Waals surface area contributed by atoms with E-state index in [1.165, 1.54) is 23.1 Å². The van der Waals surface area contributed by atoms with Crippen molar-refractivity contribution in [1.29, 1.82) is 0 Å². The van der Waals surface area contributed by atoms with Crippen molar-refractivity contribution < 1.29 is 14.7 Å². The average Bonchev–Trinajstić information content (AvgIpc) is 2.35. The van der Waals surface area contributed by atoms with Crippen molar-refractivity contribution in [3.8, 4) is 0 Å². The van der Waals surface area contributed by atoms with E-state index in [-0.39, 0.29) is 17.3 Å². The summed E-state index contributed by atoms with van der Waals surface area (Å²) in [7, 11) is 1.67. The summed E-state index contributed by atoms with van der Waals surface area (Å²) in [6, 6.07) is 4.40. The third-order valence-electron chi connectivity index (χ3n) is 2.16. The highest BCUT2D eigenvalue weighted by Crippen LogP contribution is 2.04. The van der Waals surface area contributed by atoms with Gasteiger partial charge in [0, 0.05) is 19.3 Å². The summed E-state index contributed by atoms with van der Waals surface area (Å²) in [6.07, 6.45) is 1.96. The number of amides is 1. The van der Waals surface area contributed by atoms with Crippen LogP contribution in [0.2, 0.25) is 0 Å². The summed E-state index contributed by atoms with van der Waals surface area (Å²) in [5.41, 5.74) is 0.0441. The smallest absolute Gasteiger partial charge is 0.354 e. The predicted molar refractivity (Wildman–Crippen MR) is 66.5 cm³/mol. The van der Waals surface area contributed by atoms with Gasteiger partial charge in [0.05, 0.1) is 0 Å². The van der Waals surface area contributed by atoms with Crippen LogP contribution in [-0.4, -0.2) is 52.5 Å². The lowest BCUT2D eigenvalue weighted by molar-refractivity contribution is 0.0690. The lowest BCUT2D eigenvalue weighted by atomic mass is 10.3. The number of carbonyl (C=O) groups excluding carboxylic acids is 1. The maximum absolute atomic E-state index is 11.9. The number of carbonyl (C=O) groups is 2. The Labute approximate surface area is 104 Å². The first-order valence-corrected chi connectivity index (χ1v) is 6.40. The van der Waals surface area contributed by atoms with Gasteiger partial charge in [-0.1, -0.05) is 6.07 Å². The number of thioether (sulfide) groups is 1. The summed E-state index contributed by atoms with van der Waals surface area (Å²) in [6.45, 7) is 0.610. The van der Waals surface area contributed by atoms with Crippen LogP contribution in [0.1, 0.15) is 21.0 Å². The number of pyridine rings is 1. The third kappa shape index (κ3) is 3.74. The number of carboxylic acid groups (broad SMARTS) is 1. The fourth-order valence-corrected chi connectivity index (χ4v) is 1.65. The minimum absolute atomic E-state index is 0.117. The second-order valence-electron chi connectivity index (χ2n) is 3.43. The normalized spacial score (nSPS) is 10.0. The Bertz CT molecular complexity index is 423. The van der Waals surface area contributed by atoms with Crippen molar-refractivity contribution in [3.05, 3.63) is 29.6 Å². The van der Waals surface area contributed by atoms with E-state index >= 15 is 0 Å². The van der Waals surface area contributed by atoms with Gasteiger partial charge in [0.2, 0.25) is 0 Å². The van der Waals surface area contributed by atoms with E-state index in [4.69, 9.17) is 5.11 Å². The van der Waals surface area contributed by atoms with Crippen molar-refractivity contribution in [1.82, 2.24) is 9.88 Å². The zero-order chi connectivity index (χ0) is 12.8. The van der Waals surface area contributed by atoms with Gasteiger partial charge < -0.3 is 10.0 Å². The van der Waals surface area contributed by atoms with Crippen molar-refractivity contribution >= 4 is 23.6 Å². The van der Waals surface area contributed by atoms with Gasteiger partial charge in [-0.3, -0.25) is 4.79 Å². The van der Waals surface area contributed by atoms with Gasteiger partial charge in [-0.05, 0) is 18.4 Å². The Hall–Kier alpha value is -1.56. The van der Waals surface area contributed by atoms with Crippen LogP contribution in [0.4, 0.5) is 0 Å². The zero-order valence-electron chi connectivity index (χ0n) is 9.71. The molecule has 0 atom stereocenters. The van der Waals surface area contributed by atoms with Gasteiger partial charge in [-0.2, -0.15) is 11.8 Å². The van der Waals surface area contributed by atoms with Gasteiger partial charge in [-0.15, -0.1) is 0 Å². The first-order chi connectivity index (χ1) is 8.06. The number of hydrogen-bond acceptors (Lipinski definition) is 4. The van der Waals surface area contributed by atoms with E-state index in [2.05, 4.69) is 4.98 Å². The van der Waals surface area contributed by atoms with Crippen molar-refractivity contribution in [2.24, 2.45) is 0 Å². The molecule has 0 radical (unpaired) electrons. The molecule has 1 rings (SSSR count). The number of carboxylic acids is 1. The number of rotatable bonds is 5. The predicted octanol–water partition coefficient (Wildman–Crippen LogP) is 1.21. The highest BCUT2D eigenvalue weighted by Gasteiger charge is 2.14. The molecule has 92 valence electrons. The molecule has 0 aromatic carbocycles. The number of hydrogen-bond donors (Lipinski definition) is 1. The quantitative estimate of drug-likeness (QED) is 0.855. The molecule has 1 amide bonds. The van der Waals surface area contributed by atoms with Crippen LogP contribution in [0.15, 0.2) is 18.2 Å². The number of aromatic nitrogens is 1. The molecular formula is C11H14N2O3S. The fraction of sp³-hybridized carbons (Fsp3) is 0.364. The zero-order valence-corrected chi connectivity index (χ0v) is 10.5. The van der Waals surface area contributed by atoms with Crippen LogP contribution in [0.5, 0.6) is 0 Å². The summed E-state index contributed by atoms with van der Waals surface area (Å²) in [5.74, 6) is -0.561. The van der Waals surface area contributed by atoms with Crippen LogP contribution >= 0.6 is 11.8 Å². The van der Waals surface area contributed by atoms with E-state index < -0.39 is 5.97 Å². The van der Waals surface area contributed by atoms with Gasteiger partial charge in [0.1, 0.15) is 11.4 Å². The van der Waals surface area contributed by atoms with Gasteiger partial charge >= 0.3 is 5.97 Å². The molecule has 0 bridgehead atoms. The molecular weight excluding hydrogens is 240 g/mol. The van der Waals surface area contributed by atoms with Crippen molar-refractivity contribution in [2.45, 2.75) is 0 Å². The molecule has 0 saturated heterocycles. The minimum atomic E-state index is -1.13. The monoisotopic (exact) mass is 254 g/mol. The standard InChI is InChI=1S/C11H14N2O3S/c1-13(6-7-17-2)10(14)8-4-3-5-9(12-8)11(15)16/h3-5H,6-7H2,1-2H3,(H,15,16). The van der Waals surface area contributed by atoms with Crippen LogP contribution in [0.3, 0.4) is 0 Å². The summed E-state index contributed by atoms with van der Waals surface area (Å²) in [4.78, 5) is 27.9. The second-order valence-corrected chi connectivity index (χ2v) is 4.42. The lowest BCUT2D eigenvalue weighted by Crippen LogP contribution is -2.29. The first kappa shape index (κ1) is 13.5.